The Labute approximate surface area is 72.6 Å². The third kappa shape index (κ3) is 1.56. The van der Waals surface area contributed by atoms with E-state index >= 15 is 0 Å². The molecule has 0 spiro atoms. The van der Waals surface area contributed by atoms with Gasteiger partial charge in [-0.15, -0.1) is 0 Å². The summed E-state index contributed by atoms with van der Waals surface area (Å²) in [6, 6.07) is 0. The molecule has 2 N–H and O–H groups in total. The summed E-state index contributed by atoms with van der Waals surface area (Å²) in [5.41, 5.74) is -0.00258. The number of aromatic amines is 2. The fraction of sp³-hybridized carbons (Fsp3) is 0.200. The quantitative estimate of drug-likeness (QED) is 0.658. The van der Waals surface area contributed by atoms with Gasteiger partial charge in [-0.25, -0.2) is 0 Å². The number of rotatable bonds is 1. The predicted molar refractivity (Wildman–Crippen MR) is 31.4 cm³/mol. The van der Waals surface area contributed by atoms with Crippen LogP contribution >= 0.6 is 0 Å². The SMILES string of the molecule is O=c1[nH]cc([CH2][Hg])c(=O)[nH]1. The predicted octanol–water partition coefficient (Wildman–Crippen LogP) is -0.890. The van der Waals surface area contributed by atoms with Gasteiger partial charge in [-0.2, -0.15) is 0 Å². The second-order valence-electron chi connectivity index (χ2n) is 1.85. The molecule has 0 fully saturated rings. The van der Waals surface area contributed by atoms with Gasteiger partial charge in [0.2, 0.25) is 0 Å². The van der Waals surface area contributed by atoms with Crippen LogP contribution in [0.5, 0.6) is 0 Å². The van der Waals surface area contributed by atoms with E-state index in [1.54, 1.807) is 0 Å². The third-order valence-corrected chi connectivity index (χ3v) is 3.26. The first-order chi connectivity index (χ1) is 4.74. The zero-order valence-electron chi connectivity index (χ0n) is 5.31. The average molecular weight is 326 g/mol. The van der Waals surface area contributed by atoms with Crippen molar-refractivity contribution in [1.82, 2.24) is 9.97 Å². The molecule has 0 saturated heterocycles. The van der Waals surface area contributed by atoms with Crippen LogP contribution in [0.1, 0.15) is 5.56 Å². The standard InChI is InChI=1S/C5H5N2O2.Hg/c1-3-2-6-5(9)7-4(3)8;/h2H,1H2,(H2,6,7,8,9);. The summed E-state index contributed by atoms with van der Waals surface area (Å²) in [7, 11) is 0. The van der Waals surface area contributed by atoms with Crippen LogP contribution < -0.4 is 11.2 Å². The molecular formula is C5H5HgN2O2. The number of nitrogens with one attached hydrogen (secondary N) is 2. The van der Waals surface area contributed by atoms with Crippen LogP contribution in [0.4, 0.5) is 0 Å². The Bertz CT molecular complexity index is 327. The molecule has 0 atom stereocenters. The first-order valence-electron chi connectivity index (χ1n) is 2.84. The minimum absolute atomic E-state index is 0.251. The zero-order chi connectivity index (χ0) is 7.56. The molecule has 1 heterocycles. The second-order valence-corrected chi connectivity index (χ2v) is 3.79. The molecule has 0 saturated carbocycles. The molecular weight excluding hydrogens is 321 g/mol. The van der Waals surface area contributed by atoms with E-state index in [0.717, 1.165) is 3.93 Å². The van der Waals surface area contributed by atoms with Crippen LogP contribution in [-0.2, 0) is 30.1 Å². The summed E-state index contributed by atoms with van der Waals surface area (Å²) in [6.45, 7) is 0. The van der Waals surface area contributed by atoms with Crippen LogP contribution in [0, 0.1) is 0 Å². The topological polar surface area (TPSA) is 65.7 Å². The van der Waals surface area contributed by atoms with Gasteiger partial charge in [0.1, 0.15) is 0 Å². The maximum atomic E-state index is 10.8. The van der Waals surface area contributed by atoms with Crippen molar-refractivity contribution in [3.63, 3.8) is 0 Å². The summed E-state index contributed by atoms with van der Waals surface area (Å²) in [6.07, 6.45) is 1.48. The van der Waals surface area contributed by atoms with E-state index in [1.807, 2.05) is 0 Å². The fourth-order valence-corrected chi connectivity index (χ4v) is 2.07. The Morgan fingerprint density at radius 3 is 2.70 bits per heavy atom. The van der Waals surface area contributed by atoms with Gasteiger partial charge in [0.05, 0.1) is 0 Å². The van der Waals surface area contributed by atoms with Crippen molar-refractivity contribution in [1.29, 1.82) is 0 Å². The van der Waals surface area contributed by atoms with Gasteiger partial charge in [-0.1, -0.05) is 0 Å². The number of H-pyrrole nitrogens is 2. The van der Waals surface area contributed by atoms with Gasteiger partial charge >= 0.3 is 72.6 Å². The molecule has 0 aliphatic rings. The number of hydrogen-bond acceptors (Lipinski definition) is 2. The minimum atomic E-state index is -0.435. The zero-order valence-corrected chi connectivity index (χ0v) is 10.8. The van der Waals surface area contributed by atoms with Crippen LogP contribution in [0.3, 0.4) is 0 Å². The molecule has 49 valence electrons. The average Bonchev–Trinajstić information content (AvgIpc) is 1.88. The van der Waals surface area contributed by atoms with Gasteiger partial charge in [0.15, 0.2) is 0 Å². The van der Waals surface area contributed by atoms with Crippen molar-refractivity contribution in [2.45, 2.75) is 3.93 Å². The van der Waals surface area contributed by atoms with Gasteiger partial charge in [-0.3, -0.25) is 0 Å². The van der Waals surface area contributed by atoms with Crippen molar-refractivity contribution in [3.05, 3.63) is 32.6 Å². The monoisotopic (exact) mass is 327 g/mol. The third-order valence-electron chi connectivity index (χ3n) is 1.17. The molecule has 0 unspecified atom stereocenters. The number of aromatic nitrogens is 2. The molecule has 1 rings (SSSR count). The first kappa shape index (κ1) is 7.72. The van der Waals surface area contributed by atoms with Gasteiger partial charge in [-0.05, 0) is 0 Å². The Morgan fingerprint density at radius 2 is 2.20 bits per heavy atom. The van der Waals surface area contributed by atoms with Gasteiger partial charge in [0.25, 0.3) is 0 Å². The first-order valence-corrected chi connectivity index (χ1v) is 6.73. The Balaban J connectivity index is 3.34. The van der Waals surface area contributed by atoms with Crippen molar-refractivity contribution >= 4 is 0 Å². The summed E-state index contributed by atoms with van der Waals surface area (Å²) in [4.78, 5) is 25.9. The maximum absolute atomic E-state index is 10.8. The summed E-state index contributed by atoms with van der Waals surface area (Å²) >= 11 is 0.563. The van der Waals surface area contributed by atoms with Crippen LogP contribution in [0.2, 0.25) is 0 Å². The van der Waals surface area contributed by atoms with Crippen molar-refractivity contribution < 1.29 is 26.1 Å². The van der Waals surface area contributed by atoms with E-state index < -0.39 is 5.69 Å². The van der Waals surface area contributed by atoms with Gasteiger partial charge in [0, 0.05) is 0 Å². The normalized spacial score (nSPS) is 9.80. The Morgan fingerprint density at radius 1 is 1.50 bits per heavy atom. The summed E-state index contributed by atoms with van der Waals surface area (Å²) in [5, 5.41) is 0. The van der Waals surface area contributed by atoms with Crippen LogP contribution in [0.25, 0.3) is 0 Å². The summed E-state index contributed by atoms with van der Waals surface area (Å²) < 4.78 is 0.826. The van der Waals surface area contributed by atoms with E-state index in [2.05, 4.69) is 9.97 Å². The summed E-state index contributed by atoms with van der Waals surface area (Å²) in [5.74, 6) is 0. The molecule has 0 aromatic carbocycles. The molecule has 0 amide bonds. The van der Waals surface area contributed by atoms with Crippen molar-refractivity contribution in [2.75, 3.05) is 0 Å². The molecule has 1 aromatic rings. The molecule has 5 heteroatoms. The molecule has 0 aliphatic heterocycles. The van der Waals surface area contributed by atoms with E-state index in [-0.39, 0.29) is 5.56 Å². The van der Waals surface area contributed by atoms with Gasteiger partial charge < -0.3 is 0 Å². The van der Waals surface area contributed by atoms with Crippen LogP contribution in [-0.4, -0.2) is 9.97 Å². The Hall–Kier alpha value is -0.385. The molecule has 0 aliphatic carbocycles. The Kier molecular flexibility index (Phi) is 2.42. The molecule has 1 aromatic heterocycles. The number of hydrogen-bond donors (Lipinski definition) is 2. The molecule has 10 heavy (non-hydrogen) atoms. The van der Waals surface area contributed by atoms with Crippen molar-refractivity contribution in [2.24, 2.45) is 0 Å². The van der Waals surface area contributed by atoms with E-state index in [9.17, 15) is 9.59 Å². The van der Waals surface area contributed by atoms with E-state index in [4.69, 9.17) is 0 Å². The van der Waals surface area contributed by atoms with Crippen LogP contribution in [0.15, 0.2) is 15.8 Å². The molecule has 0 bridgehead atoms. The van der Waals surface area contributed by atoms with Crippen molar-refractivity contribution in [3.8, 4) is 0 Å². The molecule has 0 radical (unpaired) electrons. The second kappa shape index (κ2) is 3.14. The van der Waals surface area contributed by atoms with E-state index in [0.29, 0.717) is 31.7 Å². The fourth-order valence-electron chi connectivity index (χ4n) is 0.623. The molecule has 4 nitrogen and oxygen atoms in total. The van der Waals surface area contributed by atoms with E-state index in [1.165, 1.54) is 6.20 Å².